The average molecular weight is 377 g/mol. The van der Waals surface area contributed by atoms with Gasteiger partial charge in [-0.1, -0.05) is 30.9 Å². The molecular weight excluding hydrogens is 355 g/mol. The van der Waals surface area contributed by atoms with Crippen LogP contribution in [0.3, 0.4) is 0 Å². The van der Waals surface area contributed by atoms with Crippen LogP contribution in [0.15, 0.2) is 30.5 Å². The summed E-state index contributed by atoms with van der Waals surface area (Å²) in [6, 6.07) is 3.94. The number of rotatable bonds is 7. The van der Waals surface area contributed by atoms with Crippen molar-refractivity contribution in [3.63, 3.8) is 0 Å². The molecule has 4 nitrogen and oxygen atoms in total. The highest BCUT2D eigenvalue weighted by Crippen LogP contribution is 2.24. The SMILES string of the molecule is C=C(/C=c1/c(NCc2cccc(C(F)F)c2F)nc(C)n/c1=C/C)OCC. The van der Waals surface area contributed by atoms with Gasteiger partial charge in [0.1, 0.15) is 23.2 Å². The fourth-order valence-corrected chi connectivity index (χ4v) is 2.57. The lowest BCUT2D eigenvalue weighted by Crippen LogP contribution is -2.33. The van der Waals surface area contributed by atoms with Crippen LogP contribution < -0.4 is 15.9 Å². The summed E-state index contributed by atoms with van der Waals surface area (Å²) < 4.78 is 45.4. The van der Waals surface area contributed by atoms with E-state index in [1.807, 2.05) is 19.9 Å². The van der Waals surface area contributed by atoms with Crippen LogP contribution in [0.2, 0.25) is 0 Å². The molecule has 27 heavy (non-hydrogen) atoms. The molecule has 0 radical (unpaired) electrons. The van der Waals surface area contributed by atoms with Crippen molar-refractivity contribution >= 4 is 18.0 Å². The maximum atomic E-state index is 14.3. The van der Waals surface area contributed by atoms with Gasteiger partial charge in [-0.15, -0.1) is 0 Å². The molecule has 0 saturated heterocycles. The summed E-state index contributed by atoms with van der Waals surface area (Å²) in [5.41, 5.74) is -0.493. The molecule has 1 N–H and O–H groups in total. The highest BCUT2D eigenvalue weighted by atomic mass is 19.3. The Morgan fingerprint density at radius 3 is 2.70 bits per heavy atom. The number of aryl methyl sites for hydroxylation is 1. The topological polar surface area (TPSA) is 47.0 Å². The van der Waals surface area contributed by atoms with Gasteiger partial charge in [0.25, 0.3) is 6.43 Å². The molecule has 0 bridgehead atoms. The minimum Gasteiger partial charge on any atom is -0.494 e. The number of nitrogens with zero attached hydrogens (tertiary/aromatic N) is 2. The molecule has 144 valence electrons. The van der Waals surface area contributed by atoms with E-state index in [0.29, 0.717) is 34.6 Å². The smallest absolute Gasteiger partial charge is 0.266 e. The summed E-state index contributed by atoms with van der Waals surface area (Å²) in [5, 5.41) is 4.31. The van der Waals surface area contributed by atoms with E-state index in [9.17, 15) is 13.2 Å². The predicted molar refractivity (Wildman–Crippen MR) is 100 cm³/mol. The van der Waals surface area contributed by atoms with Gasteiger partial charge in [-0.2, -0.15) is 0 Å². The number of benzene rings is 1. The zero-order valence-corrected chi connectivity index (χ0v) is 15.5. The highest BCUT2D eigenvalue weighted by Gasteiger charge is 2.16. The molecule has 0 aliphatic carbocycles. The van der Waals surface area contributed by atoms with Crippen LogP contribution in [0, 0.1) is 12.7 Å². The lowest BCUT2D eigenvalue weighted by molar-refractivity contribution is 0.146. The van der Waals surface area contributed by atoms with Crippen molar-refractivity contribution in [2.45, 2.75) is 33.7 Å². The number of alkyl halides is 2. The summed E-state index contributed by atoms with van der Waals surface area (Å²) in [6.07, 6.45) is 0.626. The van der Waals surface area contributed by atoms with E-state index < -0.39 is 17.8 Å². The molecule has 2 rings (SSSR count). The maximum absolute atomic E-state index is 14.3. The second-order valence-electron chi connectivity index (χ2n) is 5.73. The molecular formula is C20H22F3N3O. The van der Waals surface area contributed by atoms with E-state index in [1.54, 1.807) is 13.0 Å². The standard InChI is InChI=1S/C20H22F3N3O/c1-5-17-16(10-12(3)27-6-2)20(26-13(4)25-17)24-11-14-8-7-9-15(18(14)21)19(22)23/h5,7-10,19H,3,6,11H2,1-2,4H3,(H,24,25,26)/b16-10+,17-5+. The number of hydrogen-bond donors (Lipinski definition) is 1. The van der Waals surface area contributed by atoms with Gasteiger partial charge >= 0.3 is 0 Å². The summed E-state index contributed by atoms with van der Waals surface area (Å²) in [4.78, 5) is 8.72. The number of allylic oxidation sites excluding steroid dienone is 1. The van der Waals surface area contributed by atoms with Crippen molar-refractivity contribution < 1.29 is 17.9 Å². The molecule has 0 saturated carbocycles. The van der Waals surface area contributed by atoms with Crippen molar-refractivity contribution in [3.8, 4) is 0 Å². The first-order chi connectivity index (χ1) is 12.9. The Balaban J connectivity index is 2.44. The monoisotopic (exact) mass is 377 g/mol. The zero-order valence-electron chi connectivity index (χ0n) is 15.5. The molecule has 0 unspecified atom stereocenters. The molecule has 0 amide bonds. The van der Waals surface area contributed by atoms with Gasteiger partial charge in [-0.05, 0) is 26.8 Å². The first-order valence-electron chi connectivity index (χ1n) is 8.51. The van der Waals surface area contributed by atoms with Crippen molar-refractivity contribution in [1.82, 2.24) is 9.97 Å². The van der Waals surface area contributed by atoms with Gasteiger partial charge in [0.2, 0.25) is 0 Å². The fraction of sp³-hybridized carbons (Fsp3) is 0.300. The Morgan fingerprint density at radius 2 is 2.07 bits per heavy atom. The third kappa shape index (κ3) is 5.09. The Bertz CT molecular complexity index is 942. The maximum Gasteiger partial charge on any atom is 0.266 e. The lowest BCUT2D eigenvalue weighted by atomic mass is 10.1. The second-order valence-corrected chi connectivity index (χ2v) is 5.73. The minimum atomic E-state index is -2.87. The molecule has 7 heteroatoms. The van der Waals surface area contributed by atoms with Crippen molar-refractivity contribution in [2.24, 2.45) is 0 Å². The van der Waals surface area contributed by atoms with Crippen molar-refractivity contribution in [3.05, 3.63) is 63.9 Å². The predicted octanol–water partition coefficient (Wildman–Crippen LogP) is 3.60. The summed E-state index contributed by atoms with van der Waals surface area (Å²) in [6.45, 7) is 9.69. The van der Waals surface area contributed by atoms with Crippen LogP contribution >= 0.6 is 0 Å². The van der Waals surface area contributed by atoms with Crippen LogP contribution in [0.25, 0.3) is 12.2 Å². The Kier molecular flexibility index (Phi) is 6.98. The number of aromatic nitrogens is 2. The number of ether oxygens (including phenoxy) is 1. The largest absolute Gasteiger partial charge is 0.494 e. The quantitative estimate of drug-likeness (QED) is 0.749. The number of halogens is 3. The van der Waals surface area contributed by atoms with Gasteiger partial charge in [0.15, 0.2) is 0 Å². The van der Waals surface area contributed by atoms with Crippen LogP contribution in [0.1, 0.15) is 37.2 Å². The van der Waals surface area contributed by atoms with E-state index in [-0.39, 0.29) is 12.1 Å². The molecule has 2 aromatic rings. The van der Waals surface area contributed by atoms with Gasteiger partial charge in [-0.3, -0.25) is 0 Å². The van der Waals surface area contributed by atoms with E-state index in [0.717, 1.165) is 6.07 Å². The Labute approximate surface area is 156 Å². The average Bonchev–Trinajstić information content (AvgIpc) is 2.62. The van der Waals surface area contributed by atoms with Crippen LogP contribution in [-0.2, 0) is 11.3 Å². The first kappa shape index (κ1) is 20.5. The number of anilines is 1. The molecule has 0 aliphatic heterocycles. The van der Waals surface area contributed by atoms with Crippen LogP contribution in [-0.4, -0.2) is 16.6 Å². The minimum absolute atomic E-state index is 0.00600. The number of hydrogen-bond acceptors (Lipinski definition) is 4. The highest BCUT2D eigenvalue weighted by molar-refractivity contribution is 5.51. The first-order valence-corrected chi connectivity index (χ1v) is 8.51. The summed E-state index contributed by atoms with van der Waals surface area (Å²) in [7, 11) is 0. The Morgan fingerprint density at radius 1 is 1.33 bits per heavy atom. The van der Waals surface area contributed by atoms with Gasteiger partial charge in [0, 0.05) is 17.3 Å². The normalized spacial score (nSPS) is 12.6. The zero-order chi connectivity index (χ0) is 20.0. The molecule has 0 fully saturated rings. The summed E-state index contributed by atoms with van der Waals surface area (Å²) >= 11 is 0. The van der Waals surface area contributed by atoms with E-state index >= 15 is 0 Å². The number of nitrogens with one attached hydrogen (secondary N) is 1. The van der Waals surface area contributed by atoms with Gasteiger partial charge < -0.3 is 10.1 Å². The Hall–Kier alpha value is -2.83. The molecule has 1 heterocycles. The van der Waals surface area contributed by atoms with E-state index in [4.69, 9.17) is 4.74 Å². The van der Waals surface area contributed by atoms with Gasteiger partial charge in [0.05, 0.1) is 17.5 Å². The third-order valence-corrected chi connectivity index (χ3v) is 3.79. The molecule has 0 atom stereocenters. The lowest BCUT2D eigenvalue weighted by Gasteiger charge is -2.11. The van der Waals surface area contributed by atoms with Crippen molar-refractivity contribution in [2.75, 3.05) is 11.9 Å². The van der Waals surface area contributed by atoms with Gasteiger partial charge in [-0.25, -0.2) is 23.1 Å². The van der Waals surface area contributed by atoms with E-state index in [1.165, 1.54) is 12.1 Å². The fourth-order valence-electron chi connectivity index (χ4n) is 2.57. The summed E-state index contributed by atoms with van der Waals surface area (Å²) in [5.74, 6) is 0.476. The van der Waals surface area contributed by atoms with Crippen LogP contribution in [0.4, 0.5) is 19.0 Å². The van der Waals surface area contributed by atoms with E-state index in [2.05, 4.69) is 21.9 Å². The molecule has 0 spiro atoms. The van der Waals surface area contributed by atoms with Crippen LogP contribution in [0.5, 0.6) is 0 Å². The van der Waals surface area contributed by atoms with Crippen molar-refractivity contribution in [1.29, 1.82) is 0 Å². The molecule has 1 aromatic heterocycles. The molecule has 1 aromatic carbocycles. The third-order valence-electron chi connectivity index (χ3n) is 3.79. The molecule has 0 aliphatic rings. The second kappa shape index (κ2) is 9.21.